The first kappa shape index (κ1) is 20.3. The van der Waals surface area contributed by atoms with Gasteiger partial charge in [-0.3, -0.25) is 4.98 Å². The minimum atomic E-state index is -1.16. The molecule has 0 radical (unpaired) electrons. The highest BCUT2D eigenvalue weighted by molar-refractivity contribution is 6.48. The lowest BCUT2D eigenvalue weighted by molar-refractivity contribution is 0.125. The van der Waals surface area contributed by atoms with E-state index in [2.05, 4.69) is 28.9 Å². The van der Waals surface area contributed by atoms with Gasteiger partial charge in [-0.05, 0) is 82.3 Å². The van der Waals surface area contributed by atoms with Crippen LogP contribution >= 0.6 is 11.6 Å². The number of nitrogens with zero attached hydrogens (tertiary/aromatic N) is 2. The molecule has 3 nitrogen and oxygen atoms in total. The molecule has 29 heavy (non-hydrogen) atoms. The maximum absolute atomic E-state index is 14.4. The molecule has 0 N–H and O–H groups in total. The Morgan fingerprint density at radius 2 is 2.07 bits per heavy atom. The van der Waals surface area contributed by atoms with Crippen LogP contribution in [-0.2, 0) is 6.42 Å². The molecule has 2 aromatic heterocycles. The van der Waals surface area contributed by atoms with Crippen LogP contribution < -0.4 is 0 Å². The Morgan fingerprint density at radius 3 is 2.72 bits per heavy atom. The topological polar surface area (TPSA) is 38.9 Å². The second kappa shape index (κ2) is 8.06. The summed E-state index contributed by atoms with van der Waals surface area (Å²) in [6, 6.07) is 2.18. The Bertz CT molecular complexity index is 921. The Balaban J connectivity index is 1.49. The van der Waals surface area contributed by atoms with Gasteiger partial charge < -0.3 is 4.52 Å². The van der Waals surface area contributed by atoms with Crippen LogP contribution in [0.3, 0.4) is 0 Å². The van der Waals surface area contributed by atoms with Crippen molar-refractivity contribution < 1.29 is 8.91 Å². The molecule has 154 valence electrons. The fourth-order valence-corrected chi connectivity index (χ4v) is 5.22. The number of halogens is 2. The van der Waals surface area contributed by atoms with E-state index in [0.717, 1.165) is 65.4 Å². The Labute approximate surface area is 177 Å². The molecule has 4 rings (SSSR count). The minimum Gasteiger partial charge on any atom is -0.361 e. The van der Waals surface area contributed by atoms with Crippen LogP contribution in [0.5, 0.6) is 0 Å². The Hall–Kier alpha value is -1.94. The fraction of sp³-hybridized carbons (Fsp3) is 0.500. The van der Waals surface area contributed by atoms with Crippen molar-refractivity contribution in [2.45, 2.75) is 64.5 Å². The van der Waals surface area contributed by atoms with Crippen molar-refractivity contribution >= 4 is 16.6 Å². The highest BCUT2D eigenvalue weighted by Crippen LogP contribution is 2.41. The summed E-state index contributed by atoms with van der Waals surface area (Å²) in [5.41, 5.74) is 3.80. The minimum absolute atomic E-state index is 0.403. The summed E-state index contributed by atoms with van der Waals surface area (Å²) in [5.74, 6) is 1.76. The van der Waals surface area contributed by atoms with Crippen LogP contribution in [0, 0.1) is 25.7 Å². The quantitative estimate of drug-likeness (QED) is 0.507. The van der Waals surface area contributed by atoms with E-state index >= 15 is 0 Å². The molecule has 0 aliphatic heterocycles. The van der Waals surface area contributed by atoms with Crippen molar-refractivity contribution in [3.63, 3.8) is 0 Å². The largest absolute Gasteiger partial charge is 0.361 e. The molecule has 0 bridgehead atoms. The van der Waals surface area contributed by atoms with Gasteiger partial charge in [-0.1, -0.05) is 35.5 Å². The first-order chi connectivity index (χ1) is 13.9. The van der Waals surface area contributed by atoms with Crippen LogP contribution in [0.4, 0.5) is 4.39 Å². The van der Waals surface area contributed by atoms with Crippen molar-refractivity contribution in [2.24, 2.45) is 11.8 Å². The lowest BCUT2D eigenvalue weighted by atomic mass is 9.76. The molecule has 1 unspecified atom stereocenters. The predicted octanol–water partition coefficient (Wildman–Crippen LogP) is 6.97. The summed E-state index contributed by atoms with van der Waals surface area (Å²) >= 11 is 6.67. The zero-order valence-electron chi connectivity index (χ0n) is 17.2. The molecular weight excluding hydrogens is 387 g/mol. The second-order valence-electron chi connectivity index (χ2n) is 8.66. The number of pyridine rings is 1. The van der Waals surface area contributed by atoms with Gasteiger partial charge in [-0.2, -0.15) is 0 Å². The summed E-state index contributed by atoms with van der Waals surface area (Å²) in [7, 11) is 0. The third-order valence-corrected chi connectivity index (χ3v) is 6.92. The zero-order valence-corrected chi connectivity index (χ0v) is 17.9. The van der Waals surface area contributed by atoms with Gasteiger partial charge in [-0.15, -0.1) is 0 Å². The number of hydrogen-bond acceptors (Lipinski definition) is 3. The molecular formula is C24H28ClFN2O. The van der Waals surface area contributed by atoms with Gasteiger partial charge in [0.2, 0.25) is 0 Å². The van der Waals surface area contributed by atoms with Crippen LogP contribution in [0.25, 0.3) is 16.2 Å². The van der Waals surface area contributed by atoms with E-state index in [4.69, 9.17) is 16.1 Å². The molecule has 1 fully saturated rings. The number of hydrogen-bond donors (Lipinski definition) is 0. The van der Waals surface area contributed by atoms with Gasteiger partial charge >= 0.3 is 0 Å². The third kappa shape index (κ3) is 4.18. The fourth-order valence-electron chi connectivity index (χ4n) is 4.87. The normalized spacial score (nSPS) is 27.1. The SMILES string of the molecule is C=CC1(F)CCC(CC2C=C(Cl)c3ncc(-c4c(C)noc4C)cc3CC2)CC1. The molecule has 2 aromatic rings. The smallest absolute Gasteiger partial charge is 0.141 e. The van der Waals surface area contributed by atoms with Gasteiger partial charge in [0.05, 0.1) is 16.4 Å². The van der Waals surface area contributed by atoms with E-state index in [1.807, 2.05) is 20.0 Å². The Morgan fingerprint density at radius 1 is 1.31 bits per heavy atom. The maximum Gasteiger partial charge on any atom is 0.141 e. The van der Waals surface area contributed by atoms with Crippen molar-refractivity contribution in [2.75, 3.05) is 0 Å². The second-order valence-corrected chi connectivity index (χ2v) is 9.07. The monoisotopic (exact) mass is 414 g/mol. The van der Waals surface area contributed by atoms with Gasteiger partial charge in [0.1, 0.15) is 11.4 Å². The molecule has 2 heterocycles. The van der Waals surface area contributed by atoms with Gasteiger partial charge in [-0.25, -0.2) is 4.39 Å². The molecule has 1 atom stereocenters. The van der Waals surface area contributed by atoms with Crippen molar-refractivity contribution in [1.29, 1.82) is 0 Å². The number of fused-ring (bicyclic) bond motifs is 1. The molecule has 0 aromatic carbocycles. The average molecular weight is 415 g/mol. The van der Waals surface area contributed by atoms with Crippen LogP contribution in [0.2, 0.25) is 0 Å². The van der Waals surface area contributed by atoms with Gasteiger partial charge in [0, 0.05) is 17.3 Å². The summed E-state index contributed by atoms with van der Waals surface area (Å²) < 4.78 is 19.7. The van der Waals surface area contributed by atoms with E-state index in [1.54, 1.807) is 0 Å². The van der Waals surface area contributed by atoms with Gasteiger partial charge in [0.15, 0.2) is 0 Å². The lowest BCUT2D eigenvalue weighted by Gasteiger charge is -2.33. The van der Waals surface area contributed by atoms with E-state index < -0.39 is 5.67 Å². The molecule has 0 amide bonds. The molecule has 0 saturated heterocycles. The van der Waals surface area contributed by atoms with Crippen LogP contribution in [-0.4, -0.2) is 15.8 Å². The number of aryl methyl sites for hydroxylation is 3. The van der Waals surface area contributed by atoms with E-state index in [-0.39, 0.29) is 0 Å². The van der Waals surface area contributed by atoms with Crippen molar-refractivity contribution in [3.05, 3.63) is 53.7 Å². The average Bonchev–Trinajstić information content (AvgIpc) is 2.97. The molecule has 0 spiro atoms. The maximum atomic E-state index is 14.4. The molecule has 2 aliphatic rings. The molecule has 2 aliphatic carbocycles. The van der Waals surface area contributed by atoms with E-state index in [0.29, 0.717) is 24.7 Å². The number of alkyl halides is 1. The summed E-state index contributed by atoms with van der Waals surface area (Å²) in [6.07, 6.45) is 11.6. The third-order valence-electron chi connectivity index (χ3n) is 6.62. The lowest BCUT2D eigenvalue weighted by Crippen LogP contribution is -2.27. The van der Waals surface area contributed by atoms with Crippen LogP contribution in [0.15, 0.2) is 35.5 Å². The highest BCUT2D eigenvalue weighted by atomic mass is 35.5. The standard InChI is InChI=1S/C24H28ClFN2O/c1-4-24(26)9-7-17(8-10-24)11-18-5-6-19-13-20(14-27-23(19)21(25)12-18)22-15(2)28-29-16(22)3/h4,12-14,17-18H,1,5-11H2,2-3H3. The number of allylic oxidation sites excluding steroid dienone is 2. The van der Waals surface area contributed by atoms with Crippen molar-refractivity contribution in [3.8, 4) is 11.1 Å². The number of rotatable bonds is 4. The predicted molar refractivity (Wildman–Crippen MR) is 115 cm³/mol. The summed E-state index contributed by atoms with van der Waals surface area (Å²) in [6.45, 7) is 7.53. The van der Waals surface area contributed by atoms with Crippen molar-refractivity contribution in [1.82, 2.24) is 10.1 Å². The van der Waals surface area contributed by atoms with Crippen LogP contribution in [0.1, 0.15) is 61.2 Å². The summed E-state index contributed by atoms with van der Waals surface area (Å²) in [4.78, 5) is 4.68. The first-order valence-corrected chi connectivity index (χ1v) is 10.9. The van der Waals surface area contributed by atoms with E-state index in [1.165, 1.54) is 11.6 Å². The molecule has 1 saturated carbocycles. The van der Waals surface area contributed by atoms with E-state index in [9.17, 15) is 4.39 Å². The Kier molecular flexibility index (Phi) is 5.65. The molecule has 5 heteroatoms. The first-order valence-electron chi connectivity index (χ1n) is 10.5. The number of aromatic nitrogens is 2. The zero-order chi connectivity index (χ0) is 20.6. The van der Waals surface area contributed by atoms with Gasteiger partial charge in [0.25, 0.3) is 0 Å². The summed E-state index contributed by atoms with van der Waals surface area (Å²) in [5, 5.41) is 4.79. The highest BCUT2D eigenvalue weighted by Gasteiger charge is 2.33.